The van der Waals surface area contributed by atoms with Crippen LogP contribution in [0.2, 0.25) is 0 Å². The van der Waals surface area contributed by atoms with E-state index in [1.54, 1.807) is 18.2 Å². The first kappa shape index (κ1) is 18.6. The molecule has 1 unspecified atom stereocenters. The summed E-state index contributed by atoms with van der Waals surface area (Å²) in [5.74, 6) is -1.45. The molecule has 1 fully saturated rings. The third kappa shape index (κ3) is 4.49. The highest BCUT2D eigenvalue weighted by molar-refractivity contribution is 5.95. The van der Waals surface area contributed by atoms with Gasteiger partial charge in [-0.1, -0.05) is 12.1 Å². The number of amides is 1. The minimum Gasteiger partial charge on any atom is -0.477 e. The van der Waals surface area contributed by atoms with Crippen molar-refractivity contribution in [1.82, 2.24) is 10.3 Å². The van der Waals surface area contributed by atoms with Crippen LogP contribution in [0.5, 0.6) is 5.75 Å². The Morgan fingerprint density at radius 2 is 2.04 bits per heavy atom. The summed E-state index contributed by atoms with van der Waals surface area (Å²) in [4.78, 5) is 28.7. The minimum atomic E-state index is -2.91. The average Bonchev–Trinajstić information content (AvgIpc) is 3.10. The van der Waals surface area contributed by atoms with Crippen LogP contribution in [0.1, 0.15) is 27.3 Å². The van der Waals surface area contributed by atoms with Gasteiger partial charge in [0.05, 0.1) is 11.3 Å². The molecule has 0 bridgehead atoms. The topological polar surface area (TPSA) is 91.8 Å². The molecule has 1 aliphatic heterocycles. The van der Waals surface area contributed by atoms with Gasteiger partial charge in [-0.25, -0.2) is 9.78 Å². The van der Waals surface area contributed by atoms with E-state index in [1.165, 1.54) is 24.4 Å². The number of para-hydroxylation sites is 2. The number of nitrogens with one attached hydrogen (secondary N) is 1. The molecule has 1 atom stereocenters. The van der Waals surface area contributed by atoms with E-state index in [4.69, 9.17) is 5.11 Å². The summed E-state index contributed by atoms with van der Waals surface area (Å²) in [6.45, 7) is -1.90. The smallest absolute Gasteiger partial charge is 0.387 e. The van der Waals surface area contributed by atoms with Crippen LogP contribution < -0.4 is 15.0 Å². The Bertz CT molecular complexity index is 830. The van der Waals surface area contributed by atoms with Crippen LogP contribution in [0.3, 0.4) is 0 Å². The molecule has 142 valence electrons. The molecule has 0 spiro atoms. The van der Waals surface area contributed by atoms with Gasteiger partial charge in [0.2, 0.25) is 0 Å². The quantitative estimate of drug-likeness (QED) is 0.803. The summed E-state index contributed by atoms with van der Waals surface area (Å²) in [6.07, 6.45) is 1.84. The lowest BCUT2D eigenvalue weighted by atomic mass is 10.2. The van der Waals surface area contributed by atoms with E-state index < -0.39 is 12.6 Å². The van der Waals surface area contributed by atoms with Gasteiger partial charge in [-0.3, -0.25) is 4.79 Å². The molecule has 0 radical (unpaired) electrons. The molecule has 0 aliphatic carbocycles. The summed E-state index contributed by atoms with van der Waals surface area (Å²) < 4.78 is 29.7. The number of hydrogen-bond donors (Lipinski definition) is 2. The fourth-order valence-corrected chi connectivity index (χ4v) is 2.93. The van der Waals surface area contributed by atoms with E-state index >= 15 is 0 Å². The van der Waals surface area contributed by atoms with Crippen LogP contribution >= 0.6 is 0 Å². The molecule has 7 nitrogen and oxygen atoms in total. The molecule has 2 N–H and O–H groups in total. The lowest BCUT2D eigenvalue weighted by molar-refractivity contribution is -0.0495. The van der Waals surface area contributed by atoms with Crippen LogP contribution in [0.25, 0.3) is 0 Å². The second-order valence-corrected chi connectivity index (χ2v) is 5.99. The van der Waals surface area contributed by atoms with Crippen molar-refractivity contribution in [2.24, 2.45) is 0 Å². The van der Waals surface area contributed by atoms with Crippen molar-refractivity contribution in [2.75, 3.05) is 18.0 Å². The molecule has 1 aromatic carbocycles. The largest absolute Gasteiger partial charge is 0.477 e. The molecule has 1 aromatic heterocycles. The van der Waals surface area contributed by atoms with Gasteiger partial charge in [0.1, 0.15) is 11.4 Å². The number of alkyl halides is 2. The number of benzene rings is 1. The minimum absolute atomic E-state index is 0.0907. The predicted molar refractivity (Wildman–Crippen MR) is 92.4 cm³/mol. The van der Waals surface area contributed by atoms with Crippen LogP contribution in [0.15, 0.2) is 42.6 Å². The lowest BCUT2D eigenvalue weighted by Gasteiger charge is -2.22. The zero-order valence-electron chi connectivity index (χ0n) is 14.1. The van der Waals surface area contributed by atoms with E-state index in [9.17, 15) is 18.4 Å². The van der Waals surface area contributed by atoms with Gasteiger partial charge >= 0.3 is 12.6 Å². The van der Waals surface area contributed by atoms with Crippen LogP contribution in [0, 0.1) is 0 Å². The Hall–Kier alpha value is -3.23. The van der Waals surface area contributed by atoms with Crippen molar-refractivity contribution in [3.8, 4) is 5.75 Å². The van der Waals surface area contributed by atoms with Gasteiger partial charge in [-0.05, 0) is 30.7 Å². The van der Waals surface area contributed by atoms with Crippen LogP contribution in [-0.4, -0.2) is 47.7 Å². The monoisotopic (exact) mass is 377 g/mol. The Labute approximate surface area is 153 Å². The highest BCUT2D eigenvalue weighted by Crippen LogP contribution is 2.31. The SMILES string of the molecule is O=C(NC1CCN(c2ccccc2OC(F)F)C1)c1ccc(C(=O)O)nc1. The van der Waals surface area contributed by atoms with Gasteiger partial charge in [-0.2, -0.15) is 8.78 Å². The summed E-state index contributed by atoms with van der Waals surface area (Å²) in [6, 6.07) is 8.98. The molecule has 2 heterocycles. The number of carbonyl (C=O) groups excluding carboxylic acids is 1. The Morgan fingerprint density at radius 3 is 2.70 bits per heavy atom. The maximum absolute atomic E-state index is 12.6. The van der Waals surface area contributed by atoms with Crippen molar-refractivity contribution in [2.45, 2.75) is 19.1 Å². The number of halogens is 2. The Balaban J connectivity index is 1.63. The second-order valence-electron chi connectivity index (χ2n) is 5.99. The first-order valence-electron chi connectivity index (χ1n) is 8.23. The molecular weight excluding hydrogens is 360 g/mol. The van der Waals surface area contributed by atoms with Crippen molar-refractivity contribution in [3.05, 3.63) is 53.9 Å². The molecule has 27 heavy (non-hydrogen) atoms. The van der Waals surface area contributed by atoms with E-state index in [-0.39, 0.29) is 29.0 Å². The second kappa shape index (κ2) is 7.98. The third-order valence-electron chi connectivity index (χ3n) is 4.19. The predicted octanol–water partition coefficient (Wildman–Crippen LogP) is 2.39. The summed E-state index contributed by atoms with van der Waals surface area (Å²) in [5, 5.41) is 11.7. The lowest BCUT2D eigenvalue weighted by Crippen LogP contribution is -2.37. The van der Waals surface area contributed by atoms with Crippen LogP contribution in [0.4, 0.5) is 14.5 Å². The zero-order valence-corrected chi connectivity index (χ0v) is 14.1. The number of anilines is 1. The van der Waals surface area contributed by atoms with Crippen molar-refractivity contribution in [1.29, 1.82) is 0 Å². The molecule has 9 heteroatoms. The number of carboxylic acid groups (broad SMARTS) is 1. The van der Waals surface area contributed by atoms with Crippen molar-refractivity contribution < 1.29 is 28.2 Å². The molecule has 1 aliphatic rings. The number of aromatic carboxylic acids is 1. The zero-order chi connectivity index (χ0) is 19.4. The number of rotatable bonds is 6. The first-order valence-corrected chi connectivity index (χ1v) is 8.23. The molecular formula is C18H17F2N3O4. The summed E-state index contributed by atoms with van der Waals surface area (Å²) >= 11 is 0. The van der Waals surface area contributed by atoms with Gasteiger partial charge in [0.25, 0.3) is 5.91 Å². The first-order chi connectivity index (χ1) is 12.9. The number of carboxylic acids is 1. The third-order valence-corrected chi connectivity index (χ3v) is 4.19. The maximum Gasteiger partial charge on any atom is 0.387 e. The molecule has 0 saturated carbocycles. The molecule has 2 aromatic rings. The van der Waals surface area contributed by atoms with E-state index in [1.807, 2.05) is 4.90 Å². The fourth-order valence-electron chi connectivity index (χ4n) is 2.93. The van der Waals surface area contributed by atoms with Gasteiger partial charge in [-0.15, -0.1) is 0 Å². The highest BCUT2D eigenvalue weighted by Gasteiger charge is 2.26. The maximum atomic E-state index is 12.6. The van der Waals surface area contributed by atoms with Crippen LogP contribution in [-0.2, 0) is 0 Å². The number of hydrogen-bond acceptors (Lipinski definition) is 5. The van der Waals surface area contributed by atoms with Gasteiger partial charge < -0.3 is 20.1 Å². The van der Waals surface area contributed by atoms with Gasteiger partial charge in [0.15, 0.2) is 0 Å². The number of nitrogens with zero attached hydrogens (tertiary/aromatic N) is 2. The molecule has 3 rings (SSSR count). The van der Waals surface area contributed by atoms with Crippen molar-refractivity contribution >= 4 is 17.6 Å². The van der Waals surface area contributed by atoms with E-state index in [2.05, 4.69) is 15.0 Å². The number of ether oxygens (including phenoxy) is 1. The average molecular weight is 377 g/mol. The van der Waals surface area contributed by atoms with Crippen molar-refractivity contribution in [3.63, 3.8) is 0 Å². The van der Waals surface area contributed by atoms with Gasteiger partial charge in [0, 0.05) is 25.3 Å². The normalized spacial score (nSPS) is 16.4. The number of aromatic nitrogens is 1. The Morgan fingerprint density at radius 1 is 1.26 bits per heavy atom. The van der Waals surface area contributed by atoms with E-state index in [0.29, 0.717) is 25.2 Å². The molecule has 1 saturated heterocycles. The molecule has 1 amide bonds. The highest BCUT2D eigenvalue weighted by atomic mass is 19.3. The summed E-state index contributed by atoms with van der Waals surface area (Å²) in [7, 11) is 0. The summed E-state index contributed by atoms with van der Waals surface area (Å²) in [5.41, 5.74) is 0.649. The fraction of sp³-hybridized carbons (Fsp3) is 0.278. The van der Waals surface area contributed by atoms with E-state index in [0.717, 1.165) is 0 Å². The Kier molecular flexibility index (Phi) is 5.49. The number of carbonyl (C=O) groups is 2. The number of pyridine rings is 1. The standard InChI is InChI=1S/C18H17F2N3O4/c19-18(20)27-15-4-2-1-3-14(15)23-8-7-12(10-23)22-16(24)11-5-6-13(17(25)26)21-9-11/h1-6,9,12,18H,7-8,10H2,(H,22,24)(H,25,26).